The monoisotopic (exact) mass is 1030 g/mol. The highest BCUT2D eigenvalue weighted by molar-refractivity contribution is 6.48. The first-order valence-corrected chi connectivity index (χ1v) is 32.9. The Labute approximate surface area is 443 Å². The number of unbranched alkanes of at least 4 members (excludes halogenated alkanes) is 28. The lowest BCUT2D eigenvalue weighted by Crippen LogP contribution is -2.67. The number of hydrogen-bond donors (Lipinski definition) is 1. The number of esters is 2. The van der Waals surface area contributed by atoms with Crippen LogP contribution in [0.4, 0.5) is 0 Å². The molecule has 1 aromatic rings. The summed E-state index contributed by atoms with van der Waals surface area (Å²) in [5.41, 5.74) is 0.474. The molecule has 72 heavy (non-hydrogen) atoms. The van der Waals surface area contributed by atoms with Crippen LogP contribution in [-0.2, 0) is 49.1 Å². The molecule has 11 heteroatoms. The minimum Gasteiger partial charge on any atom is -0.462 e. The third kappa shape index (κ3) is 34.3. The normalized spacial score (nSPS) is 18.6. The Kier molecular flexibility index (Phi) is 39.2. The van der Waals surface area contributed by atoms with E-state index in [-0.39, 0.29) is 43.9 Å². The molecule has 1 heterocycles. The third-order valence-electron chi connectivity index (χ3n) is 13.9. The average Bonchev–Trinajstić information content (AvgIpc) is 3.34. The van der Waals surface area contributed by atoms with Crippen molar-refractivity contribution in [1.82, 2.24) is 5.32 Å². The van der Waals surface area contributed by atoms with Crippen molar-refractivity contribution in [1.29, 1.82) is 0 Å². The average molecular weight is 1030 g/mol. The molecule has 418 valence electrons. The lowest BCUT2D eigenvalue weighted by atomic mass is 9.95. The molecule has 0 bridgehead atoms. The van der Waals surface area contributed by atoms with E-state index in [0.29, 0.717) is 12.8 Å². The first-order chi connectivity index (χ1) is 34.9. The van der Waals surface area contributed by atoms with Crippen molar-refractivity contribution < 1.29 is 42.5 Å². The highest BCUT2D eigenvalue weighted by Gasteiger charge is 2.50. The number of nitrogens with one attached hydrogen (secondary N) is 1. The Morgan fingerprint density at radius 1 is 0.597 bits per heavy atom. The molecule has 1 unspecified atom stereocenters. The van der Waals surface area contributed by atoms with Gasteiger partial charge in [-0.2, -0.15) is 0 Å². The zero-order chi connectivity index (χ0) is 52.5. The summed E-state index contributed by atoms with van der Waals surface area (Å²) in [6.45, 7) is 17.3. The Hall–Kier alpha value is -2.31. The van der Waals surface area contributed by atoms with E-state index in [1.54, 1.807) is 0 Å². The fraction of sp³-hybridized carbons (Fsp3) is 0.852. The minimum atomic E-state index is -1.77. The van der Waals surface area contributed by atoms with Gasteiger partial charge in [0, 0.05) is 12.8 Å². The second kappa shape index (κ2) is 42.9. The van der Waals surface area contributed by atoms with Gasteiger partial charge in [0.25, 0.3) is 0 Å². The van der Waals surface area contributed by atoms with Crippen LogP contribution in [0, 0.1) is 0 Å². The van der Waals surface area contributed by atoms with Crippen molar-refractivity contribution >= 4 is 26.9 Å². The second-order valence-corrected chi connectivity index (χ2v) is 24.8. The van der Waals surface area contributed by atoms with Crippen LogP contribution in [-0.4, -0.2) is 75.8 Å². The molecule has 1 aliphatic heterocycles. The van der Waals surface area contributed by atoms with Crippen molar-refractivity contribution in [3.63, 3.8) is 0 Å². The summed E-state index contributed by atoms with van der Waals surface area (Å²) < 4.78 is 39.1. The topological polar surface area (TPSA) is 119 Å². The van der Waals surface area contributed by atoms with Crippen molar-refractivity contribution in [2.24, 2.45) is 0 Å². The first-order valence-electron chi connectivity index (χ1n) is 30.1. The molecular weight excluding hydrogens is 919 g/mol. The molecule has 1 amide bonds. The predicted molar refractivity (Wildman–Crippen MR) is 300 cm³/mol. The summed E-state index contributed by atoms with van der Waals surface area (Å²) >= 11 is 0. The zero-order valence-corrected chi connectivity index (χ0v) is 48.9. The fourth-order valence-corrected chi connectivity index (χ4v) is 10.7. The molecule has 0 aliphatic carbocycles. The van der Waals surface area contributed by atoms with Crippen LogP contribution >= 0.6 is 0 Å². The maximum atomic E-state index is 14.5. The molecule has 1 saturated heterocycles. The molecule has 1 N–H and O–H groups in total. The largest absolute Gasteiger partial charge is 0.462 e. The molecule has 10 nitrogen and oxygen atoms in total. The van der Waals surface area contributed by atoms with Gasteiger partial charge >= 0.3 is 11.9 Å². The van der Waals surface area contributed by atoms with Crippen LogP contribution in [0.3, 0.4) is 0 Å². The van der Waals surface area contributed by atoms with E-state index in [4.69, 9.17) is 28.1 Å². The van der Waals surface area contributed by atoms with Crippen LogP contribution in [0.15, 0.2) is 30.3 Å². The van der Waals surface area contributed by atoms with E-state index in [0.717, 1.165) is 63.4 Å². The van der Waals surface area contributed by atoms with Gasteiger partial charge in [-0.05, 0) is 65.1 Å². The standard InChI is InChI=1S/C61H111NO9Si/c1-9-12-15-18-21-24-26-29-32-35-41-46-55(64)68-52(45-40-34-31-28-23-20-17-14-11-3)48-54(63)62-57-59(70-56(65)47-42-36-33-30-27-25-22-19-16-13-10-2)58(71-72(7)8)53(50-67-61(4,5)6)69-60(57)66-49-51-43-38-37-39-44-51/h37-39,43-44,52-53,57-60,72H,9-36,40-42,45-50H2,1-8H3,(H,62,63)/t52?,53-,57-,58-,59-,60-/m1/s1. The van der Waals surface area contributed by atoms with E-state index in [9.17, 15) is 14.4 Å². The molecule has 1 fully saturated rings. The molecular formula is C61H111NO9Si. The van der Waals surface area contributed by atoms with Crippen LogP contribution < -0.4 is 5.32 Å². The molecule has 0 spiro atoms. The molecule has 0 aromatic heterocycles. The SMILES string of the molecule is CCCCCCCCCCCCCC(=O)OC(CCCCCCCCCCC)CC(=O)N[C@H]1[C@H](OCc2ccccc2)O[C@H](COC(C)(C)C)[C@@H](O[SiH](C)C)[C@@H]1OC(=O)CCCCCCCCCCCCC. The van der Waals surface area contributed by atoms with Gasteiger partial charge in [-0.3, -0.25) is 14.4 Å². The number of hydrogen-bond acceptors (Lipinski definition) is 9. The van der Waals surface area contributed by atoms with Gasteiger partial charge in [-0.25, -0.2) is 0 Å². The van der Waals surface area contributed by atoms with Gasteiger partial charge in [0.15, 0.2) is 21.4 Å². The Bertz CT molecular complexity index is 1460. The van der Waals surface area contributed by atoms with E-state index in [2.05, 4.69) is 39.2 Å². The van der Waals surface area contributed by atoms with E-state index in [1.807, 2.05) is 51.1 Å². The van der Waals surface area contributed by atoms with E-state index < -0.39 is 51.4 Å². The number of carbonyl (C=O) groups is 3. The van der Waals surface area contributed by atoms with Crippen LogP contribution in [0.5, 0.6) is 0 Å². The predicted octanol–water partition coefficient (Wildman–Crippen LogP) is 16.1. The molecule has 0 saturated carbocycles. The van der Waals surface area contributed by atoms with Gasteiger partial charge in [0.05, 0.1) is 25.2 Å². The van der Waals surface area contributed by atoms with Gasteiger partial charge < -0.3 is 33.4 Å². The van der Waals surface area contributed by atoms with E-state index in [1.165, 1.54) is 141 Å². The second-order valence-electron chi connectivity index (χ2n) is 22.5. The highest BCUT2D eigenvalue weighted by atomic mass is 28.3. The number of ether oxygens (including phenoxy) is 5. The Morgan fingerprint density at radius 2 is 1.04 bits per heavy atom. The summed E-state index contributed by atoms with van der Waals surface area (Å²) in [7, 11) is -1.77. The van der Waals surface area contributed by atoms with Crippen LogP contribution in [0.1, 0.15) is 272 Å². The molecule has 1 aliphatic rings. The van der Waals surface area contributed by atoms with Gasteiger partial charge in [-0.1, -0.05) is 231 Å². The van der Waals surface area contributed by atoms with Crippen molar-refractivity contribution in [3.05, 3.63) is 35.9 Å². The lowest BCUT2D eigenvalue weighted by Gasteiger charge is -2.47. The summed E-state index contributed by atoms with van der Waals surface area (Å²) in [5, 5.41) is 3.24. The van der Waals surface area contributed by atoms with Crippen LogP contribution in [0.2, 0.25) is 13.1 Å². The maximum Gasteiger partial charge on any atom is 0.306 e. The summed E-state index contributed by atoms with van der Waals surface area (Å²) in [6, 6.07) is 8.96. The first kappa shape index (κ1) is 65.8. The fourth-order valence-electron chi connectivity index (χ4n) is 9.70. The van der Waals surface area contributed by atoms with Crippen molar-refractivity contribution in [2.45, 2.75) is 328 Å². The highest BCUT2D eigenvalue weighted by Crippen LogP contribution is 2.31. The summed E-state index contributed by atoms with van der Waals surface area (Å²) in [4.78, 5) is 41.9. The van der Waals surface area contributed by atoms with Crippen molar-refractivity contribution in [3.8, 4) is 0 Å². The van der Waals surface area contributed by atoms with E-state index >= 15 is 0 Å². The number of amides is 1. The maximum absolute atomic E-state index is 14.5. The minimum absolute atomic E-state index is 0.0106. The van der Waals surface area contributed by atoms with Crippen molar-refractivity contribution in [2.75, 3.05) is 6.61 Å². The molecule has 1 aromatic carbocycles. The quantitative estimate of drug-likeness (QED) is 0.0387. The third-order valence-corrected chi connectivity index (χ3v) is 14.8. The molecule has 6 atom stereocenters. The zero-order valence-electron chi connectivity index (χ0n) is 47.8. The van der Waals surface area contributed by atoms with Crippen LogP contribution in [0.25, 0.3) is 0 Å². The number of rotatable bonds is 46. The molecule has 0 radical (unpaired) electrons. The smallest absolute Gasteiger partial charge is 0.306 e. The Balaban J connectivity index is 2.27. The van der Waals surface area contributed by atoms with Gasteiger partial charge in [-0.15, -0.1) is 0 Å². The summed E-state index contributed by atoms with van der Waals surface area (Å²) in [6.07, 6.45) is 34.3. The summed E-state index contributed by atoms with van der Waals surface area (Å²) in [5.74, 6) is -0.874. The van der Waals surface area contributed by atoms with Gasteiger partial charge in [0.2, 0.25) is 5.91 Å². The Morgan fingerprint density at radius 3 is 1.50 bits per heavy atom. The number of benzene rings is 1. The lowest BCUT2D eigenvalue weighted by molar-refractivity contribution is -0.279. The number of carbonyl (C=O) groups excluding carboxylic acids is 3. The van der Waals surface area contributed by atoms with Gasteiger partial charge in [0.1, 0.15) is 24.4 Å². The molecule has 2 rings (SSSR count).